The highest BCUT2D eigenvalue weighted by Crippen LogP contribution is 2.12. The van der Waals surface area contributed by atoms with Crippen LogP contribution in [0.25, 0.3) is 0 Å². The normalized spacial score (nSPS) is 18.0. The Morgan fingerprint density at radius 3 is 2.67 bits per heavy atom. The predicted molar refractivity (Wildman–Crippen MR) is 82.9 cm³/mol. The van der Waals surface area contributed by atoms with Gasteiger partial charge in [0.25, 0.3) is 5.56 Å². The molecule has 0 bridgehead atoms. The zero-order valence-corrected chi connectivity index (χ0v) is 13.1. The van der Waals surface area contributed by atoms with Gasteiger partial charge in [0.05, 0.1) is 25.0 Å². The molecule has 1 fully saturated rings. The quantitative estimate of drug-likeness (QED) is 0.743. The van der Waals surface area contributed by atoms with Gasteiger partial charge in [-0.25, -0.2) is 4.68 Å². The fourth-order valence-corrected chi connectivity index (χ4v) is 2.44. The molecule has 7 nitrogen and oxygen atoms in total. The monoisotopic (exact) mass is 295 g/mol. The summed E-state index contributed by atoms with van der Waals surface area (Å²) in [5.74, 6) is 0. The zero-order valence-electron chi connectivity index (χ0n) is 13.1. The SMILES string of the molecule is CNC(COC)Cn1ncc(N2CCN(C)CC2)cc1=O. The predicted octanol–water partition coefficient (Wildman–Crippen LogP) is -0.770. The standard InChI is InChI=1S/C14H25N5O2/c1-15-12(11-21-3)10-19-14(20)8-13(9-16-19)18-6-4-17(2)5-7-18/h8-9,12,15H,4-7,10-11H2,1-3H3. The summed E-state index contributed by atoms with van der Waals surface area (Å²) in [6, 6.07) is 1.76. The lowest BCUT2D eigenvalue weighted by molar-refractivity contribution is 0.159. The first-order chi connectivity index (χ1) is 10.1. The van der Waals surface area contributed by atoms with Gasteiger partial charge < -0.3 is 19.9 Å². The van der Waals surface area contributed by atoms with E-state index in [4.69, 9.17) is 4.74 Å². The van der Waals surface area contributed by atoms with Crippen molar-refractivity contribution in [1.29, 1.82) is 0 Å². The second kappa shape index (κ2) is 7.53. The molecule has 2 rings (SSSR count). The van der Waals surface area contributed by atoms with Gasteiger partial charge in [0.2, 0.25) is 0 Å². The minimum Gasteiger partial charge on any atom is -0.383 e. The van der Waals surface area contributed by atoms with Crippen LogP contribution in [0, 0.1) is 0 Å². The molecular formula is C14H25N5O2. The third kappa shape index (κ3) is 4.26. The molecule has 1 N–H and O–H groups in total. The van der Waals surface area contributed by atoms with E-state index in [1.165, 1.54) is 4.68 Å². The average Bonchev–Trinajstić information content (AvgIpc) is 2.49. The van der Waals surface area contributed by atoms with Crippen molar-refractivity contribution in [3.05, 3.63) is 22.6 Å². The van der Waals surface area contributed by atoms with Crippen molar-refractivity contribution in [3.63, 3.8) is 0 Å². The van der Waals surface area contributed by atoms with E-state index < -0.39 is 0 Å². The maximum atomic E-state index is 12.2. The molecule has 2 heterocycles. The Morgan fingerprint density at radius 1 is 1.38 bits per heavy atom. The van der Waals surface area contributed by atoms with Crippen LogP contribution in [0.2, 0.25) is 0 Å². The molecule has 0 radical (unpaired) electrons. The van der Waals surface area contributed by atoms with Gasteiger partial charge in [-0.15, -0.1) is 0 Å². The van der Waals surface area contributed by atoms with Gasteiger partial charge in [-0.05, 0) is 14.1 Å². The minimum absolute atomic E-state index is 0.0669. The van der Waals surface area contributed by atoms with E-state index >= 15 is 0 Å². The van der Waals surface area contributed by atoms with Gasteiger partial charge in [0.1, 0.15) is 0 Å². The summed E-state index contributed by atoms with van der Waals surface area (Å²) in [5.41, 5.74) is 0.847. The van der Waals surface area contributed by atoms with Gasteiger partial charge in [-0.3, -0.25) is 4.79 Å². The summed E-state index contributed by atoms with van der Waals surface area (Å²) in [4.78, 5) is 16.7. The maximum Gasteiger partial charge on any atom is 0.268 e. The van der Waals surface area contributed by atoms with Gasteiger partial charge in [-0.1, -0.05) is 0 Å². The summed E-state index contributed by atoms with van der Waals surface area (Å²) in [6.07, 6.45) is 1.78. The molecule has 118 valence electrons. The van der Waals surface area contributed by atoms with E-state index in [0.717, 1.165) is 31.9 Å². The molecule has 0 spiro atoms. The zero-order chi connectivity index (χ0) is 15.2. The van der Waals surface area contributed by atoms with Crippen LogP contribution in [0.15, 0.2) is 17.1 Å². The number of piperazine rings is 1. The number of hydrogen-bond acceptors (Lipinski definition) is 6. The fourth-order valence-electron chi connectivity index (χ4n) is 2.44. The molecule has 0 aromatic carbocycles. The molecule has 1 aromatic rings. The lowest BCUT2D eigenvalue weighted by Gasteiger charge is -2.33. The molecule has 7 heteroatoms. The molecule has 0 amide bonds. The molecule has 0 saturated carbocycles. The molecule has 1 atom stereocenters. The number of nitrogens with zero attached hydrogens (tertiary/aromatic N) is 4. The second-order valence-corrected chi connectivity index (χ2v) is 5.47. The molecule has 1 unspecified atom stereocenters. The van der Waals surface area contributed by atoms with E-state index in [1.54, 1.807) is 19.4 Å². The molecule has 1 aliphatic heterocycles. The lowest BCUT2D eigenvalue weighted by Crippen LogP contribution is -2.45. The Bertz CT molecular complexity index is 496. The van der Waals surface area contributed by atoms with Gasteiger partial charge in [0.15, 0.2) is 0 Å². The van der Waals surface area contributed by atoms with Crippen LogP contribution in [-0.2, 0) is 11.3 Å². The van der Waals surface area contributed by atoms with Crippen LogP contribution in [0.1, 0.15) is 0 Å². The second-order valence-electron chi connectivity index (χ2n) is 5.47. The van der Waals surface area contributed by atoms with Crippen LogP contribution in [-0.4, -0.2) is 74.7 Å². The van der Waals surface area contributed by atoms with E-state index in [1.807, 2.05) is 7.05 Å². The number of anilines is 1. The first-order valence-corrected chi connectivity index (χ1v) is 7.31. The number of hydrogen-bond donors (Lipinski definition) is 1. The Balaban J connectivity index is 2.05. The molecule has 0 aliphatic carbocycles. The largest absolute Gasteiger partial charge is 0.383 e. The van der Waals surface area contributed by atoms with E-state index in [-0.39, 0.29) is 11.6 Å². The highest BCUT2D eigenvalue weighted by molar-refractivity contribution is 5.43. The molecule has 1 aliphatic rings. The number of nitrogens with one attached hydrogen (secondary N) is 1. The number of methoxy groups -OCH3 is 1. The smallest absolute Gasteiger partial charge is 0.268 e. The summed E-state index contributed by atoms with van der Waals surface area (Å²) < 4.78 is 6.60. The summed E-state index contributed by atoms with van der Waals surface area (Å²) >= 11 is 0. The Kier molecular flexibility index (Phi) is 5.72. The van der Waals surface area contributed by atoms with Crippen LogP contribution < -0.4 is 15.8 Å². The highest BCUT2D eigenvalue weighted by Gasteiger charge is 2.16. The fraction of sp³-hybridized carbons (Fsp3) is 0.714. The van der Waals surface area contributed by atoms with Gasteiger partial charge in [0, 0.05) is 45.4 Å². The average molecular weight is 295 g/mol. The highest BCUT2D eigenvalue weighted by atomic mass is 16.5. The number of rotatable bonds is 6. The maximum absolute atomic E-state index is 12.2. The molecule has 1 aromatic heterocycles. The van der Waals surface area contributed by atoms with E-state index in [9.17, 15) is 4.79 Å². The van der Waals surface area contributed by atoms with E-state index in [2.05, 4.69) is 27.3 Å². The Hall–Kier alpha value is -1.44. The van der Waals surface area contributed by atoms with Crippen molar-refractivity contribution in [2.24, 2.45) is 0 Å². The van der Waals surface area contributed by atoms with Gasteiger partial charge in [-0.2, -0.15) is 5.10 Å². The van der Waals surface area contributed by atoms with Crippen molar-refractivity contribution in [2.45, 2.75) is 12.6 Å². The molecule has 1 saturated heterocycles. The van der Waals surface area contributed by atoms with E-state index in [0.29, 0.717) is 13.2 Å². The summed E-state index contributed by atoms with van der Waals surface area (Å²) in [7, 11) is 5.62. The summed E-state index contributed by atoms with van der Waals surface area (Å²) in [5, 5.41) is 7.42. The Morgan fingerprint density at radius 2 is 2.10 bits per heavy atom. The van der Waals surface area contributed by atoms with Crippen molar-refractivity contribution in [2.75, 3.05) is 58.9 Å². The van der Waals surface area contributed by atoms with Crippen LogP contribution in [0.3, 0.4) is 0 Å². The number of likely N-dealkylation sites (N-methyl/N-ethyl adjacent to an activating group) is 2. The summed E-state index contributed by atoms with van der Waals surface area (Å²) in [6.45, 7) is 4.95. The molecular weight excluding hydrogens is 270 g/mol. The number of aromatic nitrogens is 2. The van der Waals surface area contributed by atoms with Crippen LogP contribution in [0.4, 0.5) is 5.69 Å². The van der Waals surface area contributed by atoms with Crippen molar-refractivity contribution < 1.29 is 4.74 Å². The van der Waals surface area contributed by atoms with Crippen molar-refractivity contribution in [3.8, 4) is 0 Å². The third-order valence-electron chi connectivity index (χ3n) is 3.89. The Labute approximate surface area is 125 Å². The third-order valence-corrected chi connectivity index (χ3v) is 3.89. The van der Waals surface area contributed by atoms with Crippen molar-refractivity contribution in [1.82, 2.24) is 20.0 Å². The van der Waals surface area contributed by atoms with Crippen LogP contribution >= 0.6 is 0 Å². The topological polar surface area (TPSA) is 62.6 Å². The first kappa shape index (κ1) is 15.9. The van der Waals surface area contributed by atoms with Crippen LogP contribution in [0.5, 0.6) is 0 Å². The van der Waals surface area contributed by atoms with Crippen molar-refractivity contribution >= 4 is 5.69 Å². The first-order valence-electron chi connectivity index (χ1n) is 7.31. The van der Waals surface area contributed by atoms with Gasteiger partial charge >= 0.3 is 0 Å². The molecule has 21 heavy (non-hydrogen) atoms. The lowest BCUT2D eigenvalue weighted by atomic mass is 10.3. The number of ether oxygens (including phenoxy) is 1. The minimum atomic E-state index is -0.0669.